The van der Waals surface area contributed by atoms with E-state index in [2.05, 4.69) is 24.3 Å². The first-order valence-electron chi connectivity index (χ1n) is 6.08. The van der Waals surface area contributed by atoms with Crippen molar-refractivity contribution in [3.8, 4) is 0 Å². The molecule has 0 bridgehead atoms. The molecule has 2 unspecified atom stereocenters. The van der Waals surface area contributed by atoms with Gasteiger partial charge in [-0.2, -0.15) is 5.10 Å². The van der Waals surface area contributed by atoms with Crippen molar-refractivity contribution in [1.29, 1.82) is 0 Å². The molecule has 0 aromatic carbocycles. The van der Waals surface area contributed by atoms with Gasteiger partial charge in [-0.1, -0.05) is 6.92 Å². The van der Waals surface area contributed by atoms with Gasteiger partial charge in [-0.15, -0.1) is 0 Å². The van der Waals surface area contributed by atoms with Gasteiger partial charge in [-0.05, 0) is 31.4 Å². The lowest BCUT2D eigenvalue weighted by Gasteiger charge is -2.38. The van der Waals surface area contributed by atoms with Crippen LogP contribution in [0.4, 0.5) is 0 Å². The minimum absolute atomic E-state index is 0.297. The van der Waals surface area contributed by atoms with Gasteiger partial charge in [0.1, 0.15) is 0 Å². The predicted octanol–water partition coefficient (Wildman–Crippen LogP) is 0.806. The van der Waals surface area contributed by atoms with Crippen LogP contribution in [0.25, 0.3) is 0 Å². The van der Waals surface area contributed by atoms with Gasteiger partial charge in [0.25, 0.3) is 0 Å². The predicted molar refractivity (Wildman–Crippen MR) is 63.2 cm³/mol. The highest BCUT2D eigenvalue weighted by atomic mass is 16.3. The quantitative estimate of drug-likeness (QED) is 0.797. The standard InChI is InChI=1S/C12H21N3O/c1-3-15-9-11(8-14-15)6-12(16)4-5-13-7-10(12)2/h8-10,13,16H,3-7H2,1-2H3. The molecule has 0 saturated carbocycles. The van der Waals surface area contributed by atoms with Gasteiger partial charge in [-0.3, -0.25) is 4.68 Å². The van der Waals surface area contributed by atoms with Crippen molar-refractivity contribution in [1.82, 2.24) is 15.1 Å². The fourth-order valence-electron chi connectivity index (χ4n) is 2.35. The SMILES string of the molecule is CCn1cc(CC2(O)CCNCC2C)cn1. The van der Waals surface area contributed by atoms with Gasteiger partial charge in [0.15, 0.2) is 0 Å². The summed E-state index contributed by atoms with van der Waals surface area (Å²) in [4.78, 5) is 0. The maximum absolute atomic E-state index is 10.6. The minimum Gasteiger partial charge on any atom is -0.389 e. The molecule has 1 aromatic heterocycles. The van der Waals surface area contributed by atoms with E-state index in [1.54, 1.807) is 0 Å². The van der Waals surface area contributed by atoms with Crippen molar-refractivity contribution in [2.24, 2.45) is 5.92 Å². The summed E-state index contributed by atoms with van der Waals surface area (Å²) < 4.78 is 1.91. The van der Waals surface area contributed by atoms with Gasteiger partial charge < -0.3 is 10.4 Å². The van der Waals surface area contributed by atoms with E-state index in [4.69, 9.17) is 0 Å². The summed E-state index contributed by atoms with van der Waals surface area (Å²) in [5.74, 6) is 0.297. The summed E-state index contributed by atoms with van der Waals surface area (Å²) in [6.45, 7) is 6.87. The van der Waals surface area contributed by atoms with E-state index in [0.717, 1.165) is 38.0 Å². The van der Waals surface area contributed by atoms with Gasteiger partial charge in [0.2, 0.25) is 0 Å². The Bertz CT molecular complexity index is 350. The van der Waals surface area contributed by atoms with E-state index < -0.39 is 5.60 Å². The molecule has 1 saturated heterocycles. The highest BCUT2D eigenvalue weighted by Gasteiger charge is 2.36. The van der Waals surface area contributed by atoms with Gasteiger partial charge in [-0.25, -0.2) is 0 Å². The van der Waals surface area contributed by atoms with E-state index in [1.165, 1.54) is 0 Å². The zero-order chi connectivity index (χ0) is 11.6. The number of aryl methyl sites for hydroxylation is 1. The van der Waals surface area contributed by atoms with Crippen LogP contribution in [0.5, 0.6) is 0 Å². The summed E-state index contributed by atoms with van der Waals surface area (Å²) >= 11 is 0. The van der Waals surface area contributed by atoms with Crippen molar-refractivity contribution in [2.75, 3.05) is 13.1 Å². The second-order valence-electron chi connectivity index (χ2n) is 4.84. The monoisotopic (exact) mass is 223 g/mol. The lowest BCUT2D eigenvalue weighted by molar-refractivity contribution is -0.0329. The average molecular weight is 223 g/mol. The Morgan fingerprint density at radius 2 is 2.50 bits per heavy atom. The Labute approximate surface area is 96.7 Å². The van der Waals surface area contributed by atoms with Crippen LogP contribution in [-0.2, 0) is 13.0 Å². The molecule has 1 aliphatic rings. The van der Waals surface area contributed by atoms with Crippen molar-refractivity contribution >= 4 is 0 Å². The summed E-state index contributed by atoms with van der Waals surface area (Å²) in [5, 5.41) is 18.2. The molecule has 2 atom stereocenters. The fraction of sp³-hybridized carbons (Fsp3) is 0.750. The second-order valence-corrected chi connectivity index (χ2v) is 4.84. The number of nitrogens with zero attached hydrogens (tertiary/aromatic N) is 2. The Balaban J connectivity index is 2.06. The van der Waals surface area contributed by atoms with Crippen molar-refractivity contribution < 1.29 is 5.11 Å². The Hall–Kier alpha value is -0.870. The third kappa shape index (κ3) is 2.28. The van der Waals surface area contributed by atoms with Crippen LogP contribution in [0, 0.1) is 5.92 Å². The maximum atomic E-state index is 10.6. The number of hydrogen-bond acceptors (Lipinski definition) is 3. The van der Waals surface area contributed by atoms with Crippen LogP contribution in [0.15, 0.2) is 12.4 Å². The second kappa shape index (κ2) is 4.55. The summed E-state index contributed by atoms with van der Waals surface area (Å²) in [5.41, 5.74) is 0.574. The first kappa shape index (κ1) is 11.6. The van der Waals surface area contributed by atoms with Crippen molar-refractivity contribution in [3.05, 3.63) is 18.0 Å². The van der Waals surface area contributed by atoms with E-state index in [1.807, 2.05) is 17.1 Å². The third-order valence-corrected chi connectivity index (χ3v) is 3.62. The molecule has 1 aliphatic heterocycles. The van der Waals surface area contributed by atoms with Crippen LogP contribution in [0.3, 0.4) is 0 Å². The first-order valence-corrected chi connectivity index (χ1v) is 6.08. The molecule has 4 nitrogen and oxygen atoms in total. The first-order chi connectivity index (χ1) is 7.64. The molecule has 1 aromatic rings. The smallest absolute Gasteiger partial charge is 0.0738 e. The van der Waals surface area contributed by atoms with E-state index in [0.29, 0.717) is 5.92 Å². The highest BCUT2D eigenvalue weighted by Crippen LogP contribution is 2.27. The Morgan fingerprint density at radius 1 is 1.69 bits per heavy atom. The Kier molecular flexibility index (Phi) is 3.30. The number of nitrogens with one attached hydrogen (secondary N) is 1. The van der Waals surface area contributed by atoms with E-state index in [-0.39, 0.29) is 0 Å². The molecule has 2 heterocycles. The van der Waals surface area contributed by atoms with Gasteiger partial charge in [0, 0.05) is 25.7 Å². The fourth-order valence-corrected chi connectivity index (χ4v) is 2.35. The molecule has 0 spiro atoms. The molecule has 0 radical (unpaired) electrons. The van der Waals surface area contributed by atoms with Gasteiger partial charge in [0.05, 0.1) is 11.8 Å². The molecule has 1 fully saturated rings. The molecular weight excluding hydrogens is 202 g/mol. The Morgan fingerprint density at radius 3 is 3.12 bits per heavy atom. The molecule has 4 heteroatoms. The van der Waals surface area contributed by atoms with Crippen molar-refractivity contribution in [3.63, 3.8) is 0 Å². The number of rotatable bonds is 3. The molecule has 0 amide bonds. The summed E-state index contributed by atoms with van der Waals surface area (Å²) in [6.07, 6.45) is 5.45. The lowest BCUT2D eigenvalue weighted by atomic mass is 9.79. The third-order valence-electron chi connectivity index (χ3n) is 3.62. The largest absolute Gasteiger partial charge is 0.389 e. The van der Waals surface area contributed by atoms with E-state index >= 15 is 0 Å². The zero-order valence-corrected chi connectivity index (χ0v) is 10.1. The van der Waals surface area contributed by atoms with Crippen LogP contribution < -0.4 is 5.32 Å². The zero-order valence-electron chi connectivity index (χ0n) is 10.1. The minimum atomic E-state index is -0.563. The molecule has 2 rings (SSSR count). The molecule has 90 valence electrons. The summed E-state index contributed by atoms with van der Waals surface area (Å²) in [7, 11) is 0. The molecule has 0 aliphatic carbocycles. The van der Waals surface area contributed by atoms with Crippen molar-refractivity contribution in [2.45, 2.75) is 38.8 Å². The van der Waals surface area contributed by atoms with Crippen LogP contribution >= 0.6 is 0 Å². The van der Waals surface area contributed by atoms with Crippen LogP contribution in [-0.4, -0.2) is 33.6 Å². The topological polar surface area (TPSA) is 50.1 Å². The molecule has 16 heavy (non-hydrogen) atoms. The normalized spacial score (nSPS) is 30.6. The molecular formula is C12H21N3O. The summed E-state index contributed by atoms with van der Waals surface area (Å²) in [6, 6.07) is 0. The van der Waals surface area contributed by atoms with Crippen LogP contribution in [0.1, 0.15) is 25.8 Å². The number of aromatic nitrogens is 2. The number of piperidine rings is 1. The average Bonchev–Trinajstić information content (AvgIpc) is 2.70. The van der Waals surface area contributed by atoms with E-state index in [9.17, 15) is 5.11 Å². The van der Waals surface area contributed by atoms with Gasteiger partial charge >= 0.3 is 0 Å². The van der Waals surface area contributed by atoms with Crippen LogP contribution in [0.2, 0.25) is 0 Å². The number of aliphatic hydroxyl groups is 1. The maximum Gasteiger partial charge on any atom is 0.0738 e. The molecule has 2 N–H and O–H groups in total. The number of hydrogen-bond donors (Lipinski definition) is 2. The lowest BCUT2D eigenvalue weighted by Crippen LogP contribution is -2.50. The highest BCUT2D eigenvalue weighted by molar-refractivity contribution is 5.10.